The van der Waals surface area contributed by atoms with E-state index < -0.39 is 22.9 Å². The lowest BCUT2D eigenvalue weighted by Crippen LogP contribution is -2.44. The molecule has 2 aromatic rings. The van der Waals surface area contributed by atoms with Crippen molar-refractivity contribution in [3.8, 4) is 5.75 Å². The topological polar surface area (TPSA) is 93.7 Å². The van der Waals surface area contributed by atoms with E-state index in [1.165, 1.54) is 12.0 Å². The lowest BCUT2D eigenvalue weighted by molar-refractivity contribution is 0.0959. The first kappa shape index (κ1) is 22.9. The zero-order valence-corrected chi connectivity index (χ0v) is 18.9. The van der Waals surface area contributed by atoms with E-state index in [9.17, 15) is 13.6 Å². The zero-order chi connectivity index (χ0) is 22.3. The molecule has 2 N–H and O–H groups in total. The molecule has 2 aromatic carbocycles. The van der Waals surface area contributed by atoms with Crippen molar-refractivity contribution < 1.29 is 18.3 Å². The van der Waals surface area contributed by atoms with Crippen LogP contribution in [0.15, 0.2) is 54.6 Å². The Kier molecular flexibility index (Phi) is 7.91. The predicted octanol–water partition coefficient (Wildman–Crippen LogP) is 2.24. The number of nitrogens with zero attached hydrogens (tertiary/aromatic N) is 1. The van der Waals surface area contributed by atoms with Gasteiger partial charge in [0.25, 0.3) is 5.91 Å². The van der Waals surface area contributed by atoms with E-state index in [0.717, 1.165) is 32.5 Å². The summed E-state index contributed by atoms with van der Waals surface area (Å²) >= 11 is -2.30. The highest BCUT2D eigenvalue weighted by Crippen LogP contribution is 2.41. The maximum atomic E-state index is 11.8. The van der Waals surface area contributed by atoms with Crippen LogP contribution in [0.25, 0.3) is 0 Å². The Bertz CT molecular complexity index is 901. The second kappa shape index (κ2) is 11.0. The van der Waals surface area contributed by atoms with Crippen LogP contribution in [0.1, 0.15) is 41.1 Å². The monoisotopic (exact) mass is 456 g/mol. The van der Waals surface area contributed by atoms with Crippen LogP contribution in [0.5, 0.6) is 5.75 Å². The molecule has 172 valence electrons. The van der Waals surface area contributed by atoms with Gasteiger partial charge < -0.3 is 19.9 Å². The number of rotatable bonds is 10. The maximum Gasteiger partial charge on any atom is 0.251 e. The average Bonchev–Trinajstić information content (AvgIpc) is 3.59. The van der Waals surface area contributed by atoms with Gasteiger partial charge in [0.2, 0.25) is 0 Å². The second-order valence-corrected chi connectivity index (χ2v) is 9.36. The Balaban J connectivity index is 1.11. The van der Waals surface area contributed by atoms with Crippen molar-refractivity contribution in [2.24, 2.45) is 0 Å². The number of hydrogen-bond acceptors (Lipinski definition) is 6. The fourth-order valence-electron chi connectivity index (χ4n) is 4.30. The first-order valence-corrected chi connectivity index (χ1v) is 12.4. The fraction of sp³-hybridized carbons (Fsp3) is 0.458. The molecule has 32 heavy (non-hydrogen) atoms. The number of hydrogen-bond donors (Lipinski definition) is 2. The SMILES string of the molecule is O=C(NCS(=O)[O-])c1ccc(OCCN2CCC(N[C@@H]3C[C@H]3c3ccccc3)CC2)cc1. The van der Waals surface area contributed by atoms with Gasteiger partial charge in [0.15, 0.2) is 0 Å². The standard InChI is InChI=1S/C24H31N3O4S/c28-24(25-17-32(29)30)19-6-8-21(9-7-19)31-15-14-27-12-10-20(11-13-27)26-23-16-22(23)18-4-2-1-3-5-18/h1-9,20,22-23,26H,10-17H2,(H,25,28)(H,29,30)/p-1/t22-,23+/m0/s1. The third kappa shape index (κ3) is 6.62. The highest BCUT2D eigenvalue weighted by Gasteiger charge is 2.39. The van der Waals surface area contributed by atoms with Crippen LogP contribution in [0, 0.1) is 0 Å². The van der Waals surface area contributed by atoms with E-state index in [1.54, 1.807) is 24.3 Å². The third-order valence-corrected chi connectivity index (χ3v) is 6.58. The number of likely N-dealkylation sites (tertiary alicyclic amines) is 1. The fourth-order valence-corrected chi connectivity index (χ4v) is 4.54. The maximum absolute atomic E-state index is 11.8. The summed E-state index contributed by atoms with van der Waals surface area (Å²) in [6.07, 6.45) is 3.57. The van der Waals surface area contributed by atoms with Gasteiger partial charge in [0.1, 0.15) is 12.4 Å². The Morgan fingerprint density at radius 3 is 2.50 bits per heavy atom. The van der Waals surface area contributed by atoms with E-state index in [2.05, 4.69) is 45.9 Å². The van der Waals surface area contributed by atoms with Crippen LogP contribution in [0.4, 0.5) is 0 Å². The van der Waals surface area contributed by atoms with Crippen molar-refractivity contribution in [3.63, 3.8) is 0 Å². The second-order valence-electron chi connectivity index (χ2n) is 8.47. The Morgan fingerprint density at radius 2 is 1.81 bits per heavy atom. The molecule has 3 atom stereocenters. The Morgan fingerprint density at radius 1 is 1.09 bits per heavy atom. The number of carbonyl (C=O) groups is 1. The van der Waals surface area contributed by atoms with Gasteiger partial charge in [-0.15, -0.1) is 0 Å². The minimum atomic E-state index is -2.30. The normalized spacial score (nSPS) is 22.3. The van der Waals surface area contributed by atoms with E-state index in [0.29, 0.717) is 35.9 Å². The average molecular weight is 457 g/mol. The molecule has 1 aliphatic heterocycles. The van der Waals surface area contributed by atoms with Gasteiger partial charge in [-0.3, -0.25) is 13.9 Å². The summed E-state index contributed by atoms with van der Waals surface area (Å²) in [6.45, 7) is 3.62. The predicted molar refractivity (Wildman–Crippen MR) is 123 cm³/mol. The molecule has 1 amide bonds. The van der Waals surface area contributed by atoms with Gasteiger partial charge in [-0.05, 0) is 73.3 Å². The molecule has 1 heterocycles. The molecule has 0 aromatic heterocycles. The molecule has 2 fully saturated rings. The molecule has 1 aliphatic carbocycles. The number of piperidine rings is 1. The van der Waals surface area contributed by atoms with Gasteiger partial charge >= 0.3 is 0 Å². The highest BCUT2D eigenvalue weighted by atomic mass is 32.2. The number of carbonyl (C=O) groups excluding carboxylic acids is 1. The summed E-state index contributed by atoms with van der Waals surface area (Å²) < 4.78 is 26.9. The highest BCUT2D eigenvalue weighted by molar-refractivity contribution is 7.79. The molecule has 0 radical (unpaired) electrons. The van der Waals surface area contributed by atoms with E-state index in [-0.39, 0.29) is 0 Å². The summed E-state index contributed by atoms with van der Waals surface area (Å²) in [6, 6.07) is 18.8. The molecule has 2 aliphatic rings. The third-order valence-electron chi connectivity index (χ3n) is 6.20. The number of nitrogens with one attached hydrogen (secondary N) is 2. The van der Waals surface area contributed by atoms with Gasteiger partial charge in [0, 0.05) is 30.1 Å². The van der Waals surface area contributed by atoms with Crippen molar-refractivity contribution in [3.05, 3.63) is 65.7 Å². The molecule has 0 spiro atoms. The van der Waals surface area contributed by atoms with Crippen molar-refractivity contribution >= 4 is 17.0 Å². The molecule has 4 rings (SSSR count). The Labute approximate surface area is 191 Å². The van der Waals surface area contributed by atoms with Gasteiger partial charge in [0.05, 0.1) is 5.88 Å². The summed E-state index contributed by atoms with van der Waals surface area (Å²) in [5.74, 6) is 0.567. The molecule has 7 nitrogen and oxygen atoms in total. The Hall–Kier alpha value is -2.26. The van der Waals surface area contributed by atoms with Gasteiger partial charge in [-0.1, -0.05) is 30.3 Å². The molecule has 1 saturated carbocycles. The van der Waals surface area contributed by atoms with Crippen LogP contribution < -0.4 is 15.4 Å². The number of amides is 1. The summed E-state index contributed by atoms with van der Waals surface area (Å²) in [4.78, 5) is 14.3. The smallest absolute Gasteiger partial charge is 0.251 e. The van der Waals surface area contributed by atoms with Crippen molar-refractivity contribution in [1.82, 2.24) is 15.5 Å². The van der Waals surface area contributed by atoms with Crippen LogP contribution in [-0.4, -0.2) is 63.8 Å². The zero-order valence-electron chi connectivity index (χ0n) is 18.1. The largest absolute Gasteiger partial charge is 0.771 e. The lowest BCUT2D eigenvalue weighted by Gasteiger charge is -2.32. The summed E-state index contributed by atoms with van der Waals surface area (Å²) in [7, 11) is 0. The minimum absolute atomic E-state index is 0.391. The number of benzene rings is 2. The molecule has 8 heteroatoms. The van der Waals surface area contributed by atoms with Crippen molar-refractivity contribution in [2.75, 3.05) is 32.1 Å². The van der Waals surface area contributed by atoms with E-state index in [1.807, 2.05) is 0 Å². The summed E-state index contributed by atoms with van der Waals surface area (Å²) in [5, 5.41) is 6.18. The molecule has 1 unspecified atom stereocenters. The summed E-state index contributed by atoms with van der Waals surface area (Å²) in [5.41, 5.74) is 1.86. The quantitative estimate of drug-likeness (QED) is 0.533. The molecular weight excluding hydrogens is 426 g/mol. The molecule has 1 saturated heterocycles. The lowest BCUT2D eigenvalue weighted by atomic mass is 10.0. The minimum Gasteiger partial charge on any atom is -0.771 e. The van der Waals surface area contributed by atoms with Crippen LogP contribution >= 0.6 is 0 Å². The van der Waals surface area contributed by atoms with Crippen LogP contribution in [0.3, 0.4) is 0 Å². The molecular formula is C24H30N3O4S-. The van der Waals surface area contributed by atoms with Crippen molar-refractivity contribution in [2.45, 2.75) is 37.3 Å². The van der Waals surface area contributed by atoms with Gasteiger partial charge in [-0.2, -0.15) is 0 Å². The van der Waals surface area contributed by atoms with Crippen molar-refractivity contribution in [1.29, 1.82) is 0 Å². The first-order chi connectivity index (χ1) is 15.6. The number of ether oxygens (including phenoxy) is 1. The molecule has 0 bridgehead atoms. The van der Waals surface area contributed by atoms with E-state index in [4.69, 9.17) is 4.74 Å². The van der Waals surface area contributed by atoms with Gasteiger partial charge in [-0.25, -0.2) is 0 Å². The van der Waals surface area contributed by atoms with E-state index >= 15 is 0 Å². The first-order valence-electron chi connectivity index (χ1n) is 11.2. The van der Waals surface area contributed by atoms with Crippen LogP contribution in [0.2, 0.25) is 0 Å². The van der Waals surface area contributed by atoms with Crippen LogP contribution in [-0.2, 0) is 11.1 Å².